The molecular formula is C11H17NO5. The molecule has 0 spiro atoms. The summed E-state index contributed by atoms with van der Waals surface area (Å²) in [5, 5.41) is 11.0. The Morgan fingerprint density at radius 3 is 2.53 bits per heavy atom. The summed E-state index contributed by atoms with van der Waals surface area (Å²) < 4.78 is 9.64. The minimum atomic E-state index is -1.32. The number of hydrogen-bond acceptors (Lipinski definition) is 4. The highest BCUT2D eigenvalue weighted by molar-refractivity contribution is 5.68. The van der Waals surface area contributed by atoms with Crippen LogP contribution in [0.15, 0.2) is 12.2 Å². The lowest BCUT2D eigenvalue weighted by atomic mass is 10.2. The van der Waals surface area contributed by atoms with Gasteiger partial charge in [-0.05, 0) is 26.8 Å². The average Bonchev–Trinajstić information content (AvgIpc) is 2.46. The zero-order valence-electron chi connectivity index (χ0n) is 10.1. The molecule has 6 nitrogen and oxygen atoms in total. The van der Waals surface area contributed by atoms with E-state index in [-0.39, 0.29) is 6.04 Å². The van der Waals surface area contributed by atoms with Gasteiger partial charge >= 0.3 is 12.2 Å². The van der Waals surface area contributed by atoms with Crippen molar-refractivity contribution < 1.29 is 24.2 Å². The number of carbonyl (C=O) groups is 2. The smallest absolute Gasteiger partial charge is 0.450 e. The molecule has 0 fully saturated rings. The minimum Gasteiger partial charge on any atom is -0.450 e. The van der Waals surface area contributed by atoms with Crippen LogP contribution in [0.25, 0.3) is 0 Å². The topological polar surface area (TPSA) is 84.9 Å². The fourth-order valence-electron chi connectivity index (χ4n) is 1.45. The predicted molar refractivity (Wildman–Crippen MR) is 59.8 cm³/mol. The fourth-order valence-corrected chi connectivity index (χ4v) is 1.45. The van der Waals surface area contributed by atoms with Crippen LogP contribution in [0.3, 0.4) is 0 Å². The van der Waals surface area contributed by atoms with Gasteiger partial charge in [0.1, 0.15) is 11.7 Å². The summed E-state index contributed by atoms with van der Waals surface area (Å²) in [6, 6.07) is -0.255. The first-order chi connectivity index (χ1) is 7.76. The summed E-state index contributed by atoms with van der Waals surface area (Å²) in [5.41, 5.74) is -0.552. The van der Waals surface area contributed by atoms with Crippen LogP contribution in [0.5, 0.6) is 0 Å². The van der Waals surface area contributed by atoms with Crippen LogP contribution in [0, 0.1) is 0 Å². The van der Waals surface area contributed by atoms with E-state index in [4.69, 9.17) is 9.84 Å². The molecule has 2 N–H and O–H groups in total. The molecule has 0 heterocycles. The Morgan fingerprint density at radius 1 is 1.35 bits per heavy atom. The summed E-state index contributed by atoms with van der Waals surface area (Å²) in [4.78, 5) is 21.7. The summed E-state index contributed by atoms with van der Waals surface area (Å²) >= 11 is 0. The van der Waals surface area contributed by atoms with E-state index in [1.807, 2.05) is 0 Å². The Bertz CT molecular complexity index is 331. The molecule has 96 valence electrons. The summed E-state index contributed by atoms with van der Waals surface area (Å²) in [7, 11) is 0. The van der Waals surface area contributed by atoms with Crippen molar-refractivity contribution in [2.75, 3.05) is 0 Å². The zero-order valence-corrected chi connectivity index (χ0v) is 10.1. The van der Waals surface area contributed by atoms with E-state index >= 15 is 0 Å². The molecule has 17 heavy (non-hydrogen) atoms. The number of carbonyl (C=O) groups excluding carboxylic acids is 1. The van der Waals surface area contributed by atoms with Crippen LogP contribution in [0.1, 0.15) is 27.2 Å². The van der Waals surface area contributed by atoms with E-state index in [2.05, 4.69) is 10.1 Å². The van der Waals surface area contributed by atoms with Crippen LogP contribution in [0.4, 0.5) is 9.59 Å². The molecule has 1 aliphatic carbocycles. The SMILES string of the molecule is CC(C)(C)OC(=O)N[C@@H]1C=C[C@H](OC(=O)O)C1. The number of carboxylic acid groups (broad SMARTS) is 1. The first-order valence-corrected chi connectivity index (χ1v) is 5.34. The monoisotopic (exact) mass is 243 g/mol. The normalized spacial score (nSPS) is 23.2. The largest absolute Gasteiger partial charge is 0.506 e. The van der Waals surface area contributed by atoms with Crippen molar-refractivity contribution in [1.29, 1.82) is 0 Å². The van der Waals surface area contributed by atoms with Gasteiger partial charge in [0.15, 0.2) is 0 Å². The van der Waals surface area contributed by atoms with Gasteiger partial charge in [-0.3, -0.25) is 0 Å². The molecule has 0 aliphatic heterocycles. The van der Waals surface area contributed by atoms with E-state index in [1.165, 1.54) is 0 Å². The lowest BCUT2D eigenvalue weighted by Crippen LogP contribution is -2.38. The first-order valence-electron chi connectivity index (χ1n) is 5.34. The van der Waals surface area contributed by atoms with Crippen LogP contribution >= 0.6 is 0 Å². The molecular weight excluding hydrogens is 226 g/mol. The Balaban J connectivity index is 2.34. The number of alkyl carbamates (subject to hydrolysis) is 1. The summed E-state index contributed by atoms with van der Waals surface area (Å²) in [6.07, 6.45) is 1.34. The maximum Gasteiger partial charge on any atom is 0.506 e. The molecule has 0 unspecified atom stereocenters. The third kappa shape index (κ3) is 5.24. The Kier molecular flexibility index (Phi) is 3.98. The second-order valence-corrected chi connectivity index (χ2v) is 4.80. The predicted octanol–water partition coefficient (Wildman–Crippen LogP) is 1.90. The molecule has 0 saturated heterocycles. The van der Waals surface area contributed by atoms with E-state index in [0.29, 0.717) is 6.42 Å². The molecule has 0 saturated carbocycles. The van der Waals surface area contributed by atoms with Crippen molar-refractivity contribution in [2.45, 2.75) is 44.9 Å². The molecule has 0 aromatic rings. The van der Waals surface area contributed by atoms with Gasteiger partial charge in [-0.25, -0.2) is 9.59 Å². The maximum atomic E-state index is 11.4. The van der Waals surface area contributed by atoms with E-state index in [1.54, 1.807) is 32.9 Å². The molecule has 1 aliphatic rings. The third-order valence-corrected chi connectivity index (χ3v) is 2.00. The highest BCUT2D eigenvalue weighted by Gasteiger charge is 2.25. The Morgan fingerprint density at radius 2 is 2.00 bits per heavy atom. The molecule has 1 rings (SSSR count). The summed E-state index contributed by atoms with van der Waals surface area (Å²) in [6.45, 7) is 5.31. The van der Waals surface area contributed by atoms with Crippen molar-refractivity contribution in [1.82, 2.24) is 5.32 Å². The highest BCUT2D eigenvalue weighted by Crippen LogP contribution is 2.15. The molecule has 0 bridgehead atoms. The number of rotatable bonds is 2. The highest BCUT2D eigenvalue weighted by atomic mass is 16.7. The fraction of sp³-hybridized carbons (Fsp3) is 0.636. The van der Waals surface area contributed by atoms with Crippen molar-refractivity contribution in [3.8, 4) is 0 Å². The third-order valence-electron chi connectivity index (χ3n) is 2.00. The second kappa shape index (κ2) is 5.07. The lowest BCUT2D eigenvalue weighted by Gasteiger charge is -2.21. The van der Waals surface area contributed by atoms with Crippen LogP contribution < -0.4 is 5.32 Å². The van der Waals surface area contributed by atoms with Gasteiger partial charge in [-0.2, -0.15) is 0 Å². The van der Waals surface area contributed by atoms with Crippen molar-refractivity contribution >= 4 is 12.2 Å². The van der Waals surface area contributed by atoms with Gasteiger partial charge in [-0.15, -0.1) is 0 Å². The van der Waals surface area contributed by atoms with E-state index in [0.717, 1.165) is 0 Å². The van der Waals surface area contributed by atoms with Gasteiger partial charge in [0, 0.05) is 6.42 Å². The van der Waals surface area contributed by atoms with Gasteiger partial charge in [0.05, 0.1) is 6.04 Å². The van der Waals surface area contributed by atoms with Crippen LogP contribution in [0.2, 0.25) is 0 Å². The minimum absolute atomic E-state index is 0.255. The lowest BCUT2D eigenvalue weighted by molar-refractivity contribution is 0.0494. The molecule has 0 aromatic carbocycles. The van der Waals surface area contributed by atoms with Crippen LogP contribution in [-0.4, -0.2) is 35.1 Å². The molecule has 1 amide bonds. The van der Waals surface area contributed by atoms with Gasteiger partial charge in [0.25, 0.3) is 0 Å². The van der Waals surface area contributed by atoms with Crippen LogP contribution in [-0.2, 0) is 9.47 Å². The molecule has 2 atom stereocenters. The van der Waals surface area contributed by atoms with E-state index in [9.17, 15) is 9.59 Å². The molecule has 6 heteroatoms. The average molecular weight is 243 g/mol. The Hall–Kier alpha value is -1.72. The number of amides is 1. The van der Waals surface area contributed by atoms with Crippen molar-refractivity contribution in [2.24, 2.45) is 0 Å². The van der Waals surface area contributed by atoms with Crippen molar-refractivity contribution in [3.05, 3.63) is 12.2 Å². The second-order valence-electron chi connectivity index (χ2n) is 4.80. The van der Waals surface area contributed by atoms with Gasteiger partial charge in [-0.1, -0.05) is 6.08 Å². The zero-order chi connectivity index (χ0) is 13.1. The molecule has 0 aromatic heterocycles. The summed E-state index contributed by atoms with van der Waals surface area (Å²) in [5.74, 6) is 0. The number of ether oxygens (including phenoxy) is 2. The number of nitrogens with one attached hydrogen (secondary N) is 1. The first kappa shape index (κ1) is 13.3. The number of hydrogen-bond donors (Lipinski definition) is 2. The maximum absolute atomic E-state index is 11.4. The van der Waals surface area contributed by atoms with Gasteiger partial charge < -0.3 is 19.9 Å². The Labute approximate surface area is 99.6 Å². The van der Waals surface area contributed by atoms with E-state index < -0.39 is 24.0 Å². The molecule has 0 radical (unpaired) electrons. The standard InChI is InChI=1S/C11H17NO5/c1-11(2,3)17-9(13)12-7-4-5-8(6-7)16-10(14)15/h4-5,7-8H,6H2,1-3H3,(H,12,13)(H,14,15)/t7-,8+/m1/s1. The van der Waals surface area contributed by atoms with Gasteiger partial charge in [0.2, 0.25) is 0 Å². The quantitative estimate of drug-likeness (QED) is 0.571. The van der Waals surface area contributed by atoms with Crippen molar-refractivity contribution in [3.63, 3.8) is 0 Å².